The molecule has 2 aliphatic heterocycles. The second-order valence-electron chi connectivity index (χ2n) is 17.7. The third-order valence-corrected chi connectivity index (χ3v) is 11.6. The molecule has 74 heavy (non-hydrogen) atoms. The molecule has 0 bridgehead atoms. The van der Waals surface area contributed by atoms with Gasteiger partial charge in [-0.25, -0.2) is 4.57 Å². The number of aliphatic carboxylic acids is 1. The number of allylic oxidation sites excluding steroid dienone is 6. The number of fused-ring (bicyclic) bond motifs is 2. The van der Waals surface area contributed by atoms with Crippen molar-refractivity contribution in [2.75, 3.05) is 57.6 Å². The van der Waals surface area contributed by atoms with Gasteiger partial charge in [-0.15, -0.1) is 36.9 Å². The zero-order chi connectivity index (χ0) is 53.7. The Labute approximate surface area is 491 Å². The molecule has 0 saturated heterocycles. The summed E-state index contributed by atoms with van der Waals surface area (Å²) in [6.07, 6.45) is 17.8. The average Bonchev–Trinajstić information content (AvgIpc) is 3.69. The molecule has 396 valence electrons. The number of aromatic nitrogens is 1. The number of ether oxygens (including phenoxy) is 3. The number of nitrogens with zero attached hydrogens (tertiary/aromatic N) is 3. The van der Waals surface area contributed by atoms with Crippen LogP contribution in [0.4, 0.5) is 11.5 Å². The van der Waals surface area contributed by atoms with Crippen LogP contribution in [0, 0.1) is 13.0 Å². The number of pyridine rings is 1. The average molecular weight is 1100 g/mol. The van der Waals surface area contributed by atoms with Crippen LogP contribution in [-0.4, -0.2) is 101 Å². The monoisotopic (exact) mass is 1100 g/mol. The van der Waals surface area contributed by atoms with Crippen LogP contribution in [0.3, 0.4) is 0 Å². The van der Waals surface area contributed by atoms with Crippen molar-refractivity contribution in [3.63, 3.8) is 0 Å². The van der Waals surface area contributed by atoms with Gasteiger partial charge in [-0.3, -0.25) is 9.59 Å². The number of halogens is 1. The molecule has 1 aromatic heterocycles. The Morgan fingerprint density at radius 3 is 2.07 bits per heavy atom. The Bertz CT molecular complexity index is 2550. The molecule has 2 N–H and O–H groups in total. The summed E-state index contributed by atoms with van der Waals surface area (Å²) in [4.78, 5) is 29.5. The molecule has 5 rings (SSSR count). The van der Waals surface area contributed by atoms with Crippen molar-refractivity contribution in [2.45, 2.75) is 117 Å². The minimum Gasteiger partial charge on any atom is -0.481 e. The number of aliphatic imine (C=N–C) groups is 1. The fraction of sp³-hybridized carbons (Fsp3) is 0.491. The predicted molar refractivity (Wildman–Crippen MR) is 280 cm³/mol. The first-order valence-electron chi connectivity index (χ1n) is 24.0. The number of carbonyl (C=O) groups is 2. The Morgan fingerprint density at radius 1 is 0.878 bits per heavy atom. The number of rotatable bonds is 25. The van der Waals surface area contributed by atoms with Gasteiger partial charge < -0.3 is 36.5 Å². The molecule has 0 spiro atoms. The molecule has 21 heteroatoms. The van der Waals surface area contributed by atoms with Crippen molar-refractivity contribution in [3.05, 3.63) is 125 Å². The van der Waals surface area contributed by atoms with Gasteiger partial charge in [0, 0.05) is 38.8 Å². The van der Waals surface area contributed by atoms with Gasteiger partial charge in [0.2, 0.25) is 5.91 Å². The molecule has 0 unspecified atom stereocenters. The van der Waals surface area contributed by atoms with E-state index >= 15 is 0 Å². The van der Waals surface area contributed by atoms with E-state index < -0.39 is 27.2 Å². The maximum absolute atomic E-state index is 12.9. The topological polar surface area (TPSA) is 216 Å². The molecule has 0 aliphatic carbocycles. The normalized spacial score (nSPS) is 14.1. The van der Waals surface area contributed by atoms with Crippen molar-refractivity contribution in [3.8, 4) is 0 Å². The summed E-state index contributed by atoms with van der Waals surface area (Å²) in [6.45, 7) is 24.6. The van der Waals surface area contributed by atoms with E-state index in [1.54, 1.807) is 0 Å². The van der Waals surface area contributed by atoms with Crippen molar-refractivity contribution < 1.29 is 118 Å². The number of unbranched alkanes of at least 4 members (excludes halogenated alkanes) is 2. The first-order valence-corrected chi connectivity index (χ1v) is 26.4. The minimum atomic E-state index is -3.11. The Balaban J connectivity index is 0.00000343. The van der Waals surface area contributed by atoms with Crippen LogP contribution in [0.5, 0.6) is 0 Å². The van der Waals surface area contributed by atoms with Gasteiger partial charge in [0.1, 0.15) is 6.20 Å². The fourth-order valence-electron chi connectivity index (χ4n) is 7.81. The fourth-order valence-corrected chi connectivity index (χ4v) is 8.04. The number of hydrogen-bond acceptors (Lipinski definition) is 13. The van der Waals surface area contributed by atoms with E-state index in [-0.39, 0.29) is 75.9 Å². The van der Waals surface area contributed by atoms with Crippen molar-refractivity contribution in [1.82, 2.24) is 5.32 Å². The third kappa shape index (κ3) is 25.6. The molecule has 2 aromatic carbocycles. The molecular formula is C53H72ClN4Na2O12S2+. The quantitative estimate of drug-likeness (QED) is 0.0411. The summed E-state index contributed by atoms with van der Waals surface area (Å²) < 4.78 is 69.6. The summed E-state index contributed by atoms with van der Waals surface area (Å²) in [5.41, 5.74) is 8.52. The summed E-state index contributed by atoms with van der Waals surface area (Å²) in [5, 5.41) is 11.2. The van der Waals surface area contributed by atoms with Crippen LogP contribution in [-0.2, 0) is 68.8 Å². The summed E-state index contributed by atoms with van der Waals surface area (Å²) in [7, 11) is -6.22. The van der Waals surface area contributed by atoms with E-state index in [2.05, 4.69) is 136 Å². The summed E-state index contributed by atoms with van der Waals surface area (Å²) >= 11 is 6.67. The van der Waals surface area contributed by atoms with Gasteiger partial charge in [0.15, 0.2) is 5.71 Å². The molecule has 2 aliphatic rings. The minimum absolute atomic E-state index is 0. The van der Waals surface area contributed by atoms with Gasteiger partial charge in [-0.05, 0) is 91.4 Å². The molecule has 0 radical (unpaired) electrons. The third-order valence-electron chi connectivity index (χ3n) is 11.4. The van der Waals surface area contributed by atoms with E-state index in [1.165, 1.54) is 16.9 Å². The van der Waals surface area contributed by atoms with E-state index in [0.717, 1.165) is 104 Å². The van der Waals surface area contributed by atoms with Crippen molar-refractivity contribution >= 4 is 67.5 Å². The van der Waals surface area contributed by atoms with E-state index in [0.29, 0.717) is 52.4 Å². The number of carbonyl (C=O) groups excluding carboxylic acids is 1. The molecule has 3 aromatic rings. The number of anilines is 1. The van der Waals surface area contributed by atoms with E-state index in [1.807, 2.05) is 12.3 Å². The van der Waals surface area contributed by atoms with E-state index in [4.69, 9.17) is 66.0 Å². The Hall–Kier alpha value is -3.37. The van der Waals surface area contributed by atoms with Crippen molar-refractivity contribution in [2.24, 2.45) is 4.99 Å². The number of benzene rings is 2. The zero-order valence-electron chi connectivity index (χ0n) is 44.7. The van der Waals surface area contributed by atoms with Crippen LogP contribution in [0.15, 0.2) is 89.7 Å². The summed E-state index contributed by atoms with van der Waals surface area (Å²) in [6, 6.07) is 20.2. The van der Waals surface area contributed by atoms with Crippen LogP contribution >= 0.6 is 11.6 Å². The second kappa shape index (κ2) is 38.2. The first kappa shape index (κ1) is 70.6. The molecule has 0 atom stereocenters. The van der Waals surface area contributed by atoms with Gasteiger partial charge in [0.05, 0.1) is 49.0 Å². The number of carboxylic acids is 1. The van der Waals surface area contributed by atoms with Crippen LogP contribution in [0.25, 0.3) is 5.57 Å². The number of aryl methyl sites for hydroxylation is 2. The van der Waals surface area contributed by atoms with Gasteiger partial charge >= 0.3 is 86.1 Å². The Morgan fingerprint density at radius 2 is 1.47 bits per heavy atom. The molecule has 0 saturated carbocycles. The number of nitrogens with one attached hydrogen (secondary N) is 1. The first-order chi connectivity index (χ1) is 34.2. The molecule has 0 fully saturated rings. The second-order valence-corrected chi connectivity index (χ2v) is 18.9. The van der Waals surface area contributed by atoms with Gasteiger partial charge in [0.25, 0.3) is 5.97 Å². The van der Waals surface area contributed by atoms with Crippen LogP contribution in [0.2, 0.25) is 5.02 Å². The maximum atomic E-state index is 12.9. The predicted octanol–water partition coefficient (Wildman–Crippen LogP) is 2.52. The number of carboxylic acid groups (broad SMARTS) is 1. The molecule has 1 amide bonds. The maximum Gasteiger partial charge on any atom is 1.00 e. The molecule has 16 nitrogen and oxygen atoms in total. The summed E-state index contributed by atoms with van der Waals surface area (Å²) in [5.74, 6) is 0.184. The zero-order valence-corrected chi connectivity index (χ0v) is 51.1. The van der Waals surface area contributed by atoms with E-state index in [9.17, 15) is 4.79 Å². The SMILES string of the molecule is CC(=O)O.O=S(=O)=O.O=S(=O)=O.[CH2-]CCN1\C(=C/C=C(/C=C/C2=Nc3c(cc(Cl)c[n+]3CCCC)C2(C)C)c2cccc(CCC(=O)NCCCOCCOCCOCCCC)c2)C(C)(C)c2c[c-]ccc21.[Na+].[Na+]. The standard InChI is InChI=1S/C51H68ClN4O4.C2H4O2.2Na.2O3S/c1-8-11-29-55-38-42(52)37-44-49(55)54-46(50(44,4)5)24-22-40(23-25-47-51(6,7)43-19-13-14-20-45(43)56(47)28-10-3)41-18-15-17-39(36-41)21-26-48(57)53-27-16-31-59-33-35-60-34-32-58-30-12-9-2;1-2(3)4;;;2*1-4(2)3/h14-15,17-20,22-25,36-38H,3,8-12,16,21,26-35H2,1-2,4-7H3,(H,53,57);1H3,(H,3,4);;;;/q-1;;2*+1;;. The van der Waals surface area contributed by atoms with Gasteiger partial charge in [-0.2, -0.15) is 24.6 Å². The molecular weight excluding hydrogens is 1030 g/mol. The smallest absolute Gasteiger partial charge is 0.481 e. The van der Waals surface area contributed by atoms with Crippen molar-refractivity contribution in [1.29, 1.82) is 0 Å². The Kier molecular flexibility index (Phi) is 36.5. The van der Waals surface area contributed by atoms with Gasteiger partial charge in [-0.1, -0.05) is 94.2 Å². The van der Waals surface area contributed by atoms with Crippen LogP contribution in [0.1, 0.15) is 116 Å². The number of hydrogen-bond donors (Lipinski definition) is 2. The number of amides is 1. The largest absolute Gasteiger partial charge is 1.00 e. The van der Waals surface area contributed by atoms with Crippen LogP contribution < -0.4 is 73.9 Å². The molecule has 3 heterocycles.